The van der Waals surface area contributed by atoms with Crippen molar-refractivity contribution in [2.24, 2.45) is 0 Å². The molecule has 7 heteroatoms. The molecule has 0 atom stereocenters. The molecule has 2 aromatic heterocycles. The van der Waals surface area contributed by atoms with E-state index in [9.17, 15) is 0 Å². The van der Waals surface area contributed by atoms with Crippen LogP contribution in [0, 0.1) is 6.92 Å². The lowest BCUT2D eigenvalue weighted by molar-refractivity contribution is 0.263. The first-order valence-electron chi connectivity index (χ1n) is 7.08. The number of nitrogens with one attached hydrogen (secondary N) is 1. The lowest BCUT2D eigenvalue weighted by Gasteiger charge is -2.29. The zero-order valence-electron chi connectivity index (χ0n) is 12.2. The minimum absolute atomic E-state index is 0.398. The second-order valence-electron chi connectivity index (χ2n) is 5.58. The Kier molecular flexibility index (Phi) is 3.95. The van der Waals surface area contributed by atoms with E-state index in [1.807, 2.05) is 13.0 Å². The molecule has 0 aromatic carbocycles. The van der Waals surface area contributed by atoms with E-state index >= 15 is 0 Å². The molecule has 1 fully saturated rings. The van der Waals surface area contributed by atoms with E-state index in [0.29, 0.717) is 23.5 Å². The van der Waals surface area contributed by atoms with Crippen molar-refractivity contribution in [1.29, 1.82) is 0 Å². The molecular formula is C14H19BrN6. The van der Waals surface area contributed by atoms with Crippen LogP contribution in [0.1, 0.15) is 18.5 Å². The average molecular weight is 351 g/mol. The highest BCUT2D eigenvalue weighted by Crippen LogP contribution is 2.25. The second kappa shape index (κ2) is 5.73. The van der Waals surface area contributed by atoms with Gasteiger partial charge in [-0.05, 0) is 61.9 Å². The normalized spacial score (nSPS) is 17.3. The van der Waals surface area contributed by atoms with E-state index in [2.05, 4.69) is 48.1 Å². The number of hydrogen-bond donors (Lipinski definition) is 2. The summed E-state index contributed by atoms with van der Waals surface area (Å²) in [6.07, 6.45) is 2.18. The second-order valence-corrected chi connectivity index (χ2v) is 6.44. The van der Waals surface area contributed by atoms with Gasteiger partial charge in [-0.25, -0.2) is 4.98 Å². The number of likely N-dealkylation sites (tertiary alicyclic amines) is 1. The Morgan fingerprint density at radius 2 is 2.00 bits per heavy atom. The van der Waals surface area contributed by atoms with Crippen molar-refractivity contribution >= 4 is 38.7 Å². The van der Waals surface area contributed by atoms with Gasteiger partial charge in [0.1, 0.15) is 5.82 Å². The van der Waals surface area contributed by atoms with Gasteiger partial charge in [-0.15, -0.1) is 0 Å². The highest BCUT2D eigenvalue weighted by atomic mass is 79.9. The quantitative estimate of drug-likeness (QED) is 0.863. The van der Waals surface area contributed by atoms with E-state index in [4.69, 9.17) is 5.73 Å². The van der Waals surface area contributed by atoms with E-state index < -0.39 is 0 Å². The van der Waals surface area contributed by atoms with Crippen LogP contribution in [-0.2, 0) is 0 Å². The standard InChI is InChI=1S/C14H19BrN6/c1-8-11(15)7-10-12(16)19-14(20-13(10)17-8)18-9-3-5-21(2)6-4-9/h7,9H,3-6H2,1-2H3,(H3,16,17,18,19,20). The Hall–Kier alpha value is -1.47. The fraction of sp³-hybridized carbons (Fsp3) is 0.500. The first kappa shape index (κ1) is 14.5. The molecule has 1 aliphatic heterocycles. The number of hydrogen-bond acceptors (Lipinski definition) is 6. The topological polar surface area (TPSA) is 80.0 Å². The van der Waals surface area contributed by atoms with E-state index in [-0.39, 0.29) is 0 Å². The third-order valence-electron chi connectivity index (χ3n) is 3.90. The number of aryl methyl sites for hydroxylation is 1. The summed E-state index contributed by atoms with van der Waals surface area (Å²) in [5.74, 6) is 1.03. The first-order chi connectivity index (χ1) is 10.0. The fourth-order valence-corrected chi connectivity index (χ4v) is 2.86. The summed E-state index contributed by atoms with van der Waals surface area (Å²) in [6, 6.07) is 2.32. The van der Waals surface area contributed by atoms with Gasteiger partial charge >= 0.3 is 0 Å². The molecule has 0 spiro atoms. The van der Waals surface area contributed by atoms with Gasteiger partial charge in [0, 0.05) is 10.5 Å². The molecule has 112 valence electrons. The van der Waals surface area contributed by atoms with Gasteiger partial charge in [0.25, 0.3) is 0 Å². The van der Waals surface area contributed by atoms with Gasteiger partial charge in [0.15, 0.2) is 5.65 Å². The molecular weight excluding hydrogens is 332 g/mol. The maximum Gasteiger partial charge on any atom is 0.226 e. The number of rotatable bonds is 2. The third-order valence-corrected chi connectivity index (χ3v) is 4.70. The van der Waals surface area contributed by atoms with Crippen LogP contribution in [0.2, 0.25) is 0 Å². The molecule has 3 heterocycles. The predicted molar refractivity (Wildman–Crippen MR) is 88.3 cm³/mol. The molecule has 1 saturated heterocycles. The van der Waals surface area contributed by atoms with E-state index in [0.717, 1.165) is 41.5 Å². The van der Waals surface area contributed by atoms with Crippen LogP contribution in [0.4, 0.5) is 11.8 Å². The number of aromatic nitrogens is 3. The summed E-state index contributed by atoms with van der Waals surface area (Å²) in [5, 5.41) is 4.17. The molecule has 0 radical (unpaired) electrons. The van der Waals surface area contributed by atoms with Crippen LogP contribution in [-0.4, -0.2) is 46.0 Å². The highest BCUT2D eigenvalue weighted by Gasteiger charge is 2.18. The SMILES string of the molecule is Cc1nc2nc(NC3CCN(C)CC3)nc(N)c2cc1Br. The van der Waals surface area contributed by atoms with Crippen LogP contribution < -0.4 is 11.1 Å². The average Bonchev–Trinajstić information content (AvgIpc) is 2.44. The summed E-state index contributed by atoms with van der Waals surface area (Å²) >= 11 is 3.46. The Morgan fingerprint density at radius 1 is 1.29 bits per heavy atom. The largest absolute Gasteiger partial charge is 0.383 e. The summed E-state index contributed by atoms with van der Waals surface area (Å²) in [7, 11) is 2.14. The zero-order chi connectivity index (χ0) is 15.0. The molecule has 1 aliphatic rings. The maximum absolute atomic E-state index is 6.04. The van der Waals surface area contributed by atoms with Crippen molar-refractivity contribution < 1.29 is 0 Å². The Bertz CT molecular complexity index is 666. The number of piperidine rings is 1. The maximum atomic E-state index is 6.04. The third kappa shape index (κ3) is 3.08. The smallest absolute Gasteiger partial charge is 0.226 e. The number of nitrogens with zero attached hydrogens (tertiary/aromatic N) is 4. The van der Waals surface area contributed by atoms with Crippen molar-refractivity contribution in [1.82, 2.24) is 19.9 Å². The minimum Gasteiger partial charge on any atom is -0.383 e. The Morgan fingerprint density at radius 3 is 2.71 bits per heavy atom. The molecule has 2 aromatic rings. The van der Waals surface area contributed by atoms with Gasteiger partial charge in [-0.1, -0.05) is 0 Å². The first-order valence-corrected chi connectivity index (χ1v) is 7.87. The van der Waals surface area contributed by atoms with Crippen LogP contribution >= 0.6 is 15.9 Å². The fourth-order valence-electron chi connectivity index (χ4n) is 2.54. The summed E-state index contributed by atoms with van der Waals surface area (Å²) < 4.78 is 0.918. The summed E-state index contributed by atoms with van der Waals surface area (Å²) in [6.45, 7) is 4.11. The molecule has 0 amide bonds. The number of pyridine rings is 1. The predicted octanol–water partition coefficient (Wildman–Crippen LogP) is 2.18. The van der Waals surface area contributed by atoms with Crippen LogP contribution in [0.15, 0.2) is 10.5 Å². The number of anilines is 2. The van der Waals surface area contributed by atoms with E-state index in [1.54, 1.807) is 0 Å². The molecule has 3 N–H and O–H groups in total. The van der Waals surface area contributed by atoms with Gasteiger partial charge in [-0.2, -0.15) is 9.97 Å². The minimum atomic E-state index is 0.398. The van der Waals surface area contributed by atoms with Crippen LogP contribution in [0.3, 0.4) is 0 Å². The van der Waals surface area contributed by atoms with Crippen LogP contribution in [0.5, 0.6) is 0 Å². The van der Waals surface area contributed by atoms with Crippen molar-refractivity contribution in [3.8, 4) is 0 Å². The molecule has 0 aliphatic carbocycles. The molecule has 6 nitrogen and oxygen atoms in total. The lowest BCUT2D eigenvalue weighted by Crippen LogP contribution is -2.37. The van der Waals surface area contributed by atoms with Gasteiger partial charge in [-0.3, -0.25) is 0 Å². The van der Waals surface area contributed by atoms with Crippen molar-refractivity contribution in [3.63, 3.8) is 0 Å². The highest BCUT2D eigenvalue weighted by molar-refractivity contribution is 9.10. The summed E-state index contributed by atoms with van der Waals surface area (Å²) in [5.41, 5.74) is 7.57. The number of nitrogens with two attached hydrogens (primary N) is 1. The molecule has 0 bridgehead atoms. The van der Waals surface area contributed by atoms with Crippen molar-refractivity contribution in [2.45, 2.75) is 25.8 Å². The number of halogens is 1. The molecule has 0 saturated carbocycles. The van der Waals surface area contributed by atoms with E-state index in [1.165, 1.54) is 0 Å². The number of fused-ring (bicyclic) bond motifs is 1. The van der Waals surface area contributed by atoms with Gasteiger partial charge in [0.2, 0.25) is 5.95 Å². The van der Waals surface area contributed by atoms with Crippen molar-refractivity contribution in [3.05, 3.63) is 16.2 Å². The van der Waals surface area contributed by atoms with Gasteiger partial charge in [0.05, 0.1) is 11.1 Å². The lowest BCUT2D eigenvalue weighted by atomic mass is 10.1. The molecule has 0 unspecified atom stereocenters. The number of nitrogen functional groups attached to an aromatic ring is 1. The molecule has 21 heavy (non-hydrogen) atoms. The Labute approximate surface area is 132 Å². The Balaban J connectivity index is 1.88. The molecule has 3 rings (SSSR count). The monoisotopic (exact) mass is 350 g/mol. The summed E-state index contributed by atoms with van der Waals surface area (Å²) in [4.78, 5) is 15.7. The van der Waals surface area contributed by atoms with Gasteiger partial charge < -0.3 is 16.0 Å². The van der Waals surface area contributed by atoms with Crippen LogP contribution in [0.25, 0.3) is 11.0 Å². The zero-order valence-corrected chi connectivity index (χ0v) is 13.8. The van der Waals surface area contributed by atoms with Crippen molar-refractivity contribution in [2.75, 3.05) is 31.2 Å².